The Labute approximate surface area is 119 Å². The zero-order valence-electron chi connectivity index (χ0n) is 11.2. The summed E-state index contributed by atoms with van der Waals surface area (Å²) in [6, 6.07) is 9.69. The molecule has 1 heterocycles. The number of carboxylic acid groups (broad SMARTS) is 1. The van der Waals surface area contributed by atoms with Crippen molar-refractivity contribution in [3.63, 3.8) is 0 Å². The molecule has 1 aliphatic heterocycles. The molecule has 0 atom stereocenters. The van der Waals surface area contributed by atoms with Gasteiger partial charge in [-0.1, -0.05) is 18.2 Å². The maximum absolute atomic E-state index is 11.5. The summed E-state index contributed by atoms with van der Waals surface area (Å²) < 4.78 is 23.0. The van der Waals surface area contributed by atoms with Crippen molar-refractivity contribution in [1.82, 2.24) is 0 Å². The van der Waals surface area contributed by atoms with Gasteiger partial charge in [0.05, 0.1) is 17.9 Å². The van der Waals surface area contributed by atoms with Gasteiger partial charge in [0.2, 0.25) is 0 Å². The van der Waals surface area contributed by atoms with Gasteiger partial charge in [0, 0.05) is 18.3 Å². The predicted molar refractivity (Wildman–Crippen MR) is 77.7 cm³/mol. The van der Waals surface area contributed by atoms with E-state index in [2.05, 4.69) is 0 Å². The third-order valence-corrected chi connectivity index (χ3v) is 5.33. The molecule has 0 aliphatic carbocycles. The smallest absolute Gasteiger partial charge is 0.305 e. The van der Waals surface area contributed by atoms with Crippen LogP contribution < -0.4 is 4.90 Å². The zero-order valence-corrected chi connectivity index (χ0v) is 12.1. The molecule has 0 aromatic heterocycles. The highest BCUT2D eigenvalue weighted by Gasteiger charge is 2.28. The number of sulfone groups is 1. The van der Waals surface area contributed by atoms with Crippen molar-refractivity contribution in [2.45, 2.75) is 25.3 Å². The summed E-state index contributed by atoms with van der Waals surface area (Å²) >= 11 is 0. The molecule has 1 aromatic carbocycles. The monoisotopic (exact) mass is 297 g/mol. The summed E-state index contributed by atoms with van der Waals surface area (Å²) in [7, 11) is -2.91. The van der Waals surface area contributed by atoms with Crippen LogP contribution in [-0.2, 0) is 14.6 Å². The molecule has 0 radical (unpaired) electrons. The van der Waals surface area contributed by atoms with E-state index in [0.29, 0.717) is 19.4 Å². The van der Waals surface area contributed by atoms with Crippen LogP contribution in [0.4, 0.5) is 5.69 Å². The predicted octanol–water partition coefficient (Wildman–Crippen LogP) is 1.54. The normalized spacial score (nSPS) is 18.6. The first-order chi connectivity index (χ1) is 9.48. The van der Waals surface area contributed by atoms with Crippen LogP contribution in [0.15, 0.2) is 30.3 Å². The topological polar surface area (TPSA) is 74.7 Å². The molecule has 0 unspecified atom stereocenters. The van der Waals surface area contributed by atoms with Crippen molar-refractivity contribution in [1.29, 1.82) is 0 Å². The number of benzene rings is 1. The van der Waals surface area contributed by atoms with Crippen molar-refractivity contribution in [2.75, 3.05) is 23.0 Å². The van der Waals surface area contributed by atoms with E-state index in [1.165, 1.54) is 0 Å². The van der Waals surface area contributed by atoms with E-state index in [-0.39, 0.29) is 24.0 Å². The number of aliphatic carboxylic acids is 1. The van der Waals surface area contributed by atoms with Crippen molar-refractivity contribution in [2.24, 2.45) is 0 Å². The lowest BCUT2D eigenvalue weighted by atomic mass is 10.1. The maximum Gasteiger partial charge on any atom is 0.305 e. The molecule has 0 amide bonds. The molecule has 2 rings (SSSR count). The lowest BCUT2D eigenvalue weighted by molar-refractivity contribution is -0.136. The van der Waals surface area contributed by atoms with E-state index in [9.17, 15) is 13.2 Å². The Kier molecular flexibility index (Phi) is 4.65. The highest BCUT2D eigenvalue weighted by Crippen LogP contribution is 2.24. The molecule has 1 fully saturated rings. The molecule has 6 heteroatoms. The Morgan fingerprint density at radius 2 is 1.80 bits per heavy atom. The fraction of sp³-hybridized carbons (Fsp3) is 0.500. The fourth-order valence-corrected chi connectivity index (χ4v) is 4.01. The van der Waals surface area contributed by atoms with Crippen LogP contribution in [0.5, 0.6) is 0 Å². The van der Waals surface area contributed by atoms with Crippen molar-refractivity contribution < 1.29 is 18.3 Å². The van der Waals surface area contributed by atoms with Gasteiger partial charge in [0.1, 0.15) is 9.84 Å². The van der Waals surface area contributed by atoms with Crippen LogP contribution in [0.1, 0.15) is 19.3 Å². The Morgan fingerprint density at radius 1 is 1.20 bits per heavy atom. The summed E-state index contributed by atoms with van der Waals surface area (Å²) in [5.74, 6) is -0.461. The Balaban J connectivity index is 2.12. The van der Waals surface area contributed by atoms with Gasteiger partial charge in [-0.25, -0.2) is 8.42 Å². The lowest BCUT2D eigenvalue weighted by Crippen LogP contribution is -2.42. The number of carboxylic acids is 1. The molecule has 0 spiro atoms. The largest absolute Gasteiger partial charge is 0.481 e. The number of carbonyl (C=O) groups is 1. The molecule has 5 nitrogen and oxygen atoms in total. The molecular weight excluding hydrogens is 278 g/mol. The standard InChI is InChI=1S/C14H19NO4S/c16-14(17)6-9-15(12-4-2-1-3-5-12)13-7-10-20(18,19)11-8-13/h1-5,13H,6-11H2,(H,16,17). The first-order valence-electron chi connectivity index (χ1n) is 6.72. The molecule has 0 bridgehead atoms. The average molecular weight is 297 g/mol. The number of anilines is 1. The van der Waals surface area contributed by atoms with Crippen molar-refractivity contribution >= 4 is 21.5 Å². The van der Waals surface area contributed by atoms with Crippen LogP contribution in [0.3, 0.4) is 0 Å². The van der Waals surface area contributed by atoms with Gasteiger partial charge in [0.15, 0.2) is 0 Å². The minimum atomic E-state index is -2.91. The molecule has 1 N–H and O–H groups in total. The molecule has 1 aromatic rings. The average Bonchev–Trinajstić information content (AvgIpc) is 2.41. The molecule has 1 saturated heterocycles. The SMILES string of the molecule is O=C(O)CCN(c1ccccc1)C1CCS(=O)(=O)CC1. The molecule has 1 aliphatic rings. The Bertz CT molecular complexity index is 542. The summed E-state index contributed by atoms with van der Waals surface area (Å²) in [6.07, 6.45) is 1.19. The van der Waals surface area contributed by atoms with Gasteiger partial charge < -0.3 is 10.0 Å². The van der Waals surface area contributed by atoms with Crippen LogP contribution in [0, 0.1) is 0 Å². The summed E-state index contributed by atoms with van der Waals surface area (Å²) in [5, 5.41) is 8.87. The van der Waals surface area contributed by atoms with Crippen LogP contribution in [0.25, 0.3) is 0 Å². The lowest BCUT2D eigenvalue weighted by Gasteiger charge is -2.35. The molecular formula is C14H19NO4S. The van der Waals surface area contributed by atoms with Crippen molar-refractivity contribution in [3.8, 4) is 0 Å². The van der Waals surface area contributed by atoms with Gasteiger partial charge in [-0.15, -0.1) is 0 Å². The first kappa shape index (κ1) is 14.8. The van der Waals surface area contributed by atoms with Gasteiger partial charge in [-0.3, -0.25) is 4.79 Å². The number of para-hydroxylation sites is 1. The first-order valence-corrected chi connectivity index (χ1v) is 8.54. The highest BCUT2D eigenvalue weighted by atomic mass is 32.2. The second-order valence-electron chi connectivity index (χ2n) is 5.06. The second-order valence-corrected chi connectivity index (χ2v) is 7.36. The Hall–Kier alpha value is -1.56. The number of rotatable bonds is 5. The molecule has 0 saturated carbocycles. The van der Waals surface area contributed by atoms with Crippen LogP contribution in [0.2, 0.25) is 0 Å². The van der Waals surface area contributed by atoms with E-state index in [4.69, 9.17) is 5.11 Å². The van der Waals surface area contributed by atoms with Gasteiger partial charge in [0.25, 0.3) is 0 Å². The third kappa shape index (κ3) is 3.96. The molecule has 110 valence electrons. The van der Waals surface area contributed by atoms with E-state index in [0.717, 1.165) is 5.69 Å². The van der Waals surface area contributed by atoms with Crippen LogP contribution in [-0.4, -0.2) is 43.6 Å². The highest BCUT2D eigenvalue weighted by molar-refractivity contribution is 7.91. The van der Waals surface area contributed by atoms with Gasteiger partial charge >= 0.3 is 5.97 Å². The van der Waals surface area contributed by atoms with E-state index >= 15 is 0 Å². The van der Waals surface area contributed by atoms with Crippen LogP contribution >= 0.6 is 0 Å². The molecule has 20 heavy (non-hydrogen) atoms. The fourth-order valence-electron chi connectivity index (χ4n) is 2.55. The van der Waals surface area contributed by atoms with E-state index in [1.54, 1.807) is 0 Å². The van der Waals surface area contributed by atoms with E-state index < -0.39 is 15.8 Å². The minimum Gasteiger partial charge on any atom is -0.481 e. The third-order valence-electron chi connectivity index (χ3n) is 3.62. The summed E-state index contributed by atoms with van der Waals surface area (Å²) in [6.45, 7) is 0.407. The quantitative estimate of drug-likeness (QED) is 0.892. The van der Waals surface area contributed by atoms with Gasteiger partial charge in [-0.05, 0) is 25.0 Å². The zero-order chi connectivity index (χ0) is 14.6. The second kappa shape index (κ2) is 6.26. The van der Waals surface area contributed by atoms with Crippen molar-refractivity contribution in [3.05, 3.63) is 30.3 Å². The maximum atomic E-state index is 11.5. The van der Waals surface area contributed by atoms with Gasteiger partial charge in [-0.2, -0.15) is 0 Å². The minimum absolute atomic E-state index is 0.0537. The summed E-state index contributed by atoms with van der Waals surface area (Å²) in [4.78, 5) is 12.8. The number of nitrogens with zero attached hydrogens (tertiary/aromatic N) is 1. The number of hydrogen-bond acceptors (Lipinski definition) is 4. The number of hydrogen-bond donors (Lipinski definition) is 1. The summed E-state index contributed by atoms with van der Waals surface area (Å²) in [5.41, 5.74) is 0.957. The van der Waals surface area contributed by atoms with E-state index in [1.807, 2.05) is 35.2 Å². The Morgan fingerprint density at radius 3 is 2.35 bits per heavy atom.